The number of ether oxygens (including phenoxy) is 1. The molecule has 1 aliphatic carbocycles. The topological polar surface area (TPSA) is 49.8 Å². The van der Waals surface area contributed by atoms with Crippen LogP contribution in [0.3, 0.4) is 0 Å². The first-order valence-corrected chi connectivity index (χ1v) is 6.23. The van der Waals surface area contributed by atoms with E-state index in [0.717, 1.165) is 32.2 Å². The van der Waals surface area contributed by atoms with E-state index in [1.54, 1.807) is 4.90 Å². The first-order chi connectivity index (χ1) is 7.59. The van der Waals surface area contributed by atoms with E-state index in [0.29, 0.717) is 19.1 Å². The van der Waals surface area contributed by atoms with Gasteiger partial charge in [0.25, 0.3) is 0 Å². The molecule has 2 fully saturated rings. The second kappa shape index (κ2) is 4.62. The molecule has 4 heteroatoms. The summed E-state index contributed by atoms with van der Waals surface area (Å²) in [6.07, 6.45) is 4.46. The van der Waals surface area contributed by atoms with Crippen LogP contribution in [0.4, 0.5) is 4.79 Å². The minimum atomic E-state index is -0.686. The van der Waals surface area contributed by atoms with Gasteiger partial charge in [-0.05, 0) is 25.2 Å². The molecule has 0 aromatic rings. The lowest BCUT2D eigenvalue weighted by atomic mass is 9.78. The fourth-order valence-corrected chi connectivity index (χ4v) is 2.87. The minimum Gasteiger partial charge on any atom is -0.449 e. The SMILES string of the molecule is CC1CCCC(O)(CN2CCCOC2=O)C1. The zero-order valence-corrected chi connectivity index (χ0v) is 9.95. The summed E-state index contributed by atoms with van der Waals surface area (Å²) in [5.41, 5.74) is -0.686. The van der Waals surface area contributed by atoms with Gasteiger partial charge >= 0.3 is 6.09 Å². The van der Waals surface area contributed by atoms with Crippen molar-refractivity contribution < 1.29 is 14.6 Å². The monoisotopic (exact) mass is 227 g/mol. The highest BCUT2D eigenvalue weighted by molar-refractivity contribution is 5.68. The first-order valence-electron chi connectivity index (χ1n) is 6.23. The average molecular weight is 227 g/mol. The van der Waals surface area contributed by atoms with Crippen LogP contribution in [0.25, 0.3) is 0 Å². The molecule has 16 heavy (non-hydrogen) atoms. The van der Waals surface area contributed by atoms with Crippen LogP contribution in [0.2, 0.25) is 0 Å². The Bertz CT molecular complexity index is 269. The van der Waals surface area contributed by atoms with E-state index < -0.39 is 5.60 Å². The number of β-amino-alcohol motifs (C(OH)–C–C–N with tert-alkyl or cyclic N) is 1. The van der Waals surface area contributed by atoms with Crippen molar-refractivity contribution in [2.75, 3.05) is 19.7 Å². The molecule has 4 nitrogen and oxygen atoms in total. The Kier molecular flexibility index (Phi) is 3.38. The van der Waals surface area contributed by atoms with Crippen molar-refractivity contribution in [1.29, 1.82) is 0 Å². The molecule has 1 amide bonds. The van der Waals surface area contributed by atoms with Crippen LogP contribution in [0, 0.1) is 5.92 Å². The summed E-state index contributed by atoms with van der Waals surface area (Å²) >= 11 is 0. The van der Waals surface area contributed by atoms with E-state index in [-0.39, 0.29) is 6.09 Å². The summed E-state index contributed by atoms with van der Waals surface area (Å²) in [7, 11) is 0. The van der Waals surface area contributed by atoms with Gasteiger partial charge in [-0.2, -0.15) is 0 Å². The van der Waals surface area contributed by atoms with Gasteiger partial charge in [0.2, 0.25) is 0 Å². The normalized spacial score (nSPS) is 36.0. The Balaban J connectivity index is 1.93. The molecule has 0 aromatic carbocycles. The molecule has 1 aliphatic heterocycles. The lowest BCUT2D eigenvalue weighted by molar-refractivity contribution is -0.0452. The van der Waals surface area contributed by atoms with Gasteiger partial charge in [0, 0.05) is 6.54 Å². The largest absolute Gasteiger partial charge is 0.449 e. The number of aliphatic hydroxyl groups is 1. The summed E-state index contributed by atoms with van der Waals surface area (Å²) in [5.74, 6) is 0.555. The van der Waals surface area contributed by atoms with Crippen LogP contribution in [-0.4, -0.2) is 41.4 Å². The highest BCUT2D eigenvalue weighted by Crippen LogP contribution is 2.33. The molecule has 2 atom stereocenters. The van der Waals surface area contributed by atoms with Crippen molar-refractivity contribution in [3.8, 4) is 0 Å². The van der Waals surface area contributed by atoms with Crippen LogP contribution >= 0.6 is 0 Å². The summed E-state index contributed by atoms with van der Waals surface area (Å²) in [4.78, 5) is 13.1. The van der Waals surface area contributed by atoms with Crippen LogP contribution in [0.1, 0.15) is 39.0 Å². The molecule has 1 N–H and O–H groups in total. The molecular weight excluding hydrogens is 206 g/mol. The number of cyclic esters (lactones) is 1. The third kappa shape index (κ3) is 2.67. The predicted molar refractivity (Wildman–Crippen MR) is 60.1 cm³/mol. The van der Waals surface area contributed by atoms with E-state index in [1.807, 2.05) is 0 Å². The van der Waals surface area contributed by atoms with Gasteiger partial charge in [-0.3, -0.25) is 0 Å². The minimum absolute atomic E-state index is 0.266. The van der Waals surface area contributed by atoms with Crippen LogP contribution in [0.5, 0.6) is 0 Å². The molecule has 2 rings (SSSR count). The maximum atomic E-state index is 11.5. The van der Waals surface area contributed by atoms with Crippen molar-refractivity contribution in [2.24, 2.45) is 5.92 Å². The molecule has 1 heterocycles. The third-order valence-electron chi connectivity index (χ3n) is 3.61. The molecule has 92 valence electrons. The number of rotatable bonds is 2. The fraction of sp³-hybridized carbons (Fsp3) is 0.917. The Morgan fingerprint density at radius 1 is 1.56 bits per heavy atom. The number of carbonyl (C=O) groups is 1. The van der Waals surface area contributed by atoms with Crippen molar-refractivity contribution >= 4 is 6.09 Å². The smallest absolute Gasteiger partial charge is 0.409 e. The molecule has 1 saturated carbocycles. The van der Waals surface area contributed by atoms with E-state index >= 15 is 0 Å². The molecule has 0 spiro atoms. The van der Waals surface area contributed by atoms with Gasteiger partial charge in [0.15, 0.2) is 0 Å². The number of carbonyl (C=O) groups excluding carboxylic acids is 1. The van der Waals surface area contributed by atoms with Crippen molar-refractivity contribution in [3.05, 3.63) is 0 Å². The summed E-state index contributed by atoms with van der Waals surface area (Å²) in [5, 5.41) is 10.5. The maximum Gasteiger partial charge on any atom is 0.409 e. The van der Waals surface area contributed by atoms with Gasteiger partial charge in [-0.15, -0.1) is 0 Å². The maximum absolute atomic E-state index is 11.5. The van der Waals surface area contributed by atoms with Crippen LogP contribution in [-0.2, 0) is 4.74 Å². The van der Waals surface area contributed by atoms with Gasteiger partial charge < -0.3 is 14.7 Å². The number of hydrogen-bond acceptors (Lipinski definition) is 3. The van der Waals surface area contributed by atoms with Crippen molar-refractivity contribution in [3.63, 3.8) is 0 Å². The Morgan fingerprint density at radius 2 is 2.38 bits per heavy atom. The third-order valence-corrected chi connectivity index (χ3v) is 3.61. The quantitative estimate of drug-likeness (QED) is 0.782. The zero-order valence-electron chi connectivity index (χ0n) is 9.95. The van der Waals surface area contributed by atoms with E-state index in [2.05, 4.69) is 6.92 Å². The van der Waals surface area contributed by atoms with E-state index in [1.165, 1.54) is 6.42 Å². The van der Waals surface area contributed by atoms with Crippen LogP contribution < -0.4 is 0 Å². The number of hydrogen-bond donors (Lipinski definition) is 1. The summed E-state index contributed by atoms with van der Waals surface area (Å²) in [6.45, 7) is 3.84. The van der Waals surface area contributed by atoms with Gasteiger partial charge in [-0.1, -0.05) is 19.8 Å². The lowest BCUT2D eigenvalue weighted by Crippen LogP contribution is -2.50. The molecule has 0 radical (unpaired) electrons. The fourth-order valence-electron chi connectivity index (χ4n) is 2.87. The van der Waals surface area contributed by atoms with Crippen molar-refractivity contribution in [1.82, 2.24) is 4.90 Å². The highest BCUT2D eigenvalue weighted by Gasteiger charge is 2.36. The second-order valence-electron chi connectivity index (χ2n) is 5.32. The van der Waals surface area contributed by atoms with E-state index in [9.17, 15) is 9.90 Å². The standard InChI is InChI=1S/C12H21NO3/c1-10-4-2-5-12(15,8-10)9-13-6-3-7-16-11(13)14/h10,15H,2-9H2,1H3. The molecule has 2 aliphatic rings. The molecular formula is C12H21NO3. The lowest BCUT2D eigenvalue weighted by Gasteiger charge is -2.39. The molecule has 2 unspecified atom stereocenters. The van der Waals surface area contributed by atoms with Gasteiger partial charge in [0.05, 0.1) is 18.8 Å². The first kappa shape index (κ1) is 11.7. The Labute approximate surface area is 96.6 Å². The van der Waals surface area contributed by atoms with Crippen LogP contribution in [0.15, 0.2) is 0 Å². The molecule has 0 bridgehead atoms. The van der Waals surface area contributed by atoms with E-state index in [4.69, 9.17) is 4.74 Å². The van der Waals surface area contributed by atoms with Crippen molar-refractivity contribution in [2.45, 2.75) is 44.6 Å². The summed E-state index contributed by atoms with van der Waals surface area (Å²) in [6, 6.07) is 0. The number of nitrogens with zero attached hydrogens (tertiary/aromatic N) is 1. The number of amides is 1. The molecule has 1 saturated heterocycles. The Hall–Kier alpha value is -0.770. The second-order valence-corrected chi connectivity index (χ2v) is 5.32. The average Bonchev–Trinajstić information content (AvgIpc) is 2.21. The predicted octanol–water partition coefficient (Wildman–Crippen LogP) is 1.77. The van der Waals surface area contributed by atoms with Gasteiger partial charge in [0.1, 0.15) is 0 Å². The highest BCUT2D eigenvalue weighted by atomic mass is 16.6. The summed E-state index contributed by atoms with van der Waals surface area (Å²) < 4.78 is 4.98. The molecule has 0 aromatic heterocycles. The zero-order chi connectivity index (χ0) is 11.6. The Morgan fingerprint density at radius 3 is 3.06 bits per heavy atom. The van der Waals surface area contributed by atoms with Gasteiger partial charge in [-0.25, -0.2) is 4.79 Å².